The number of rotatable bonds is 11. The molecule has 2 aromatic rings. The number of halogens is 2. The molecule has 1 atom stereocenters. The van der Waals surface area contributed by atoms with Gasteiger partial charge in [-0.2, -0.15) is 0 Å². The Morgan fingerprint density at radius 1 is 1.15 bits per heavy atom. The number of sulfonamides is 1. The second-order valence-corrected chi connectivity index (χ2v) is 10.4. The molecule has 0 unspecified atom stereocenters. The smallest absolute Gasteiger partial charge is 0.244 e. The molecule has 0 saturated heterocycles. The quantitative estimate of drug-likeness (QED) is 0.478. The van der Waals surface area contributed by atoms with Crippen LogP contribution in [0.3, 0.4) is 0 Å². The molecule has 1 N–H and O–H groups in total. The third-order valence-electron chi connectivity index (χ3n) is 5.08. The van der Waals surface area contributed by atoms with Gasteiger partial charge in [-0.1, -0.05) is 48.3 Å². The van der Waals surface area contributed by atoms with Gasteiger partial charge in [-0.15, -0.1) is 0 Å². The SMILES string of the molecule is CCCNC(=O)[C@H](C)N(Cc1cccc(OC)c1)C(=O)CN(c1cccc(Cl)c1Cl)S(C)(=O)=O. The molecule has 0 saturated carbocycles. The van der Waals surface area contributed by atoms with Crippen molar-refractivity contribution in [1.82, 2.24) is 10.2 Å². The van der Waals surface area contributed by atoms with Gasteiger partial charge in [-0.25, -0.2) is 8.42 Å². The van der Waals surface area contributed by atoms with Crippen molar-refractivity contribution in [1.29, 1.82) is 0 Å². The Morgan fingerprint density at radius 3 is 2.44 bits per heavy atom. The summed E-state index contributed by atoms with van der Waals surface area (Å²) < 4.78 is 31.3. The summed E-state index contributed by atoms with van der Waals surface area (Å²) in [5.74, 6) is -0.329. The molecule has 0 radical (unpaired) electrons. The topological polar surface area (TPSA) is 96.0 Å². The lowest BCUT2D eigenvalue weighted by atomic mass is 10.1. The minimum atomic E-state index is -3.91. The summed E-state index contributed by atoms with van der Waals surface area (Å²) in [4.78, 5) is 27.5. The minimum Gasteiger partial charge on any atom is -0.497 e. The van der Waals surface area contributed by atoms with Gasteiger partial charge >= 0.3 is 0 Å². The highest BCUT2D eigenvalue weighted by atomic mass is 35.5. The molecule has 8 nitrogen and oxygen atoms in total. The van der Waals surface area contributed by atoms with Gasteiger partial charge in [0, 0.05) is 13.1 Å². The van der Waals surface area contributed by atoms with Crippen molar-refractivity contribution in [2.24, 2.45) is 0 Å². The van der Waals surface area contributed by atoms with Gasteiger partial charge in [0.2, 0.25) is 21.8 Å². The highest BCUT2D eigenvalue weighted by Crippen LogP contribution is 2.33. The van der Waals surface area contributed by atoms with Crippen LogP contribution in [0.15, 0.2) is 42.5 Å². The van der Waals surface area contributed by atoms with Gasteiger partial charge in [0.15, 0.2) is 0 Å². The Bertz CT molecular complexity index is 1130. The molecular weight excluding hydrogens is 501 g/mol. The Kier molecular flexibility index (Phi) is 10.0. The molecule has 0 fully saturated rings. The second-order valence-electron chi connectivity index (χ2n) is 7.68. The number of anilines is 1. The van der Waals surface area contributed by atoms with Crippen LogP contribution in [0.4, 0.5) is 5.69 Å². The minimum absolute atomic E-state index is 0.00970. The molecule has 0 spiro atoms. The van der Waals surface area contributed by atoms with Crippen LogP contribution >= 0.6 is 23.2 Å². The van der Waals surface area contributed by atoms with Crippen molar-refractivity contribution < 1.29 is 22.7 Å². The van der Waals surface area contributed by atoms with Crippen molar-refractivity contribution in [3.8, 4) is 5.75 Å². The molecule has 186 valence electrons. The third kappa shape index (κ3) is 7.25. The van der Waals surface area contributed by atoms with Gasteiger partial charge in [-0.3, -0.25) is 13.9 Å². The first-order chi connectivity index (χ1) is 16.0. The standard InChI is InChI=1S/C23H29Cl2N3O5S/c1-5-12-26-23(30)16(2)27(14-17-8-6-9-18(13-17)33-3)21(29)15-28(34(4,31)32)20-11-7-10-19(24)22(20)25/h6-11,13,16H,5,12,14-15H2,1-4H3,(H,26,30)/t16-/m0/s1. The summed E-state index contributed by atoms with van der Waals surface area (Å²) in [6.45, 7) is 3.48. The van der Waals surface area contributed by atoms with Crippen LogP contribution in [0.2, 0.25) is 10.0 Å². The average molecular weight is 530 g/mol. The molecule has 0 aliphatic carbocycles. The van der Waals surface area contributed by atoms with E-state index in [9.17, 15) is 18.0 Å². The number of ether oxygens (including phenoxy) is 1. The highest BCUT2D eigenvalue weighted by molar-refractivity contribution is 7.92. The van der Waals surface area contributed by atoms with Gasteiger partial charge in [0.25, 0.3) is 0 Å². The second kappa shape index (κ2) is 12.3. The third-order valence-corrected chi connectivity index (χ3v) is 7.02. The maximum absolute atomic E-state index is 13.5. The highest BCUT2D eigenvalue weighted by Gasteiger charge is 2.31. The molecular formula is C23H29Cl2N3O5S. The monoisotopic (exact) mass is 529 g/mol. The number of carbonyl (C=O) groups is 2. The van der Waals surface area contributed by atoms with Crippen molar-refractivity contribution in [3.63, 3.8) is 0 Å². The van der Waals surface area contributed by atoms with E-state index in [1.165, 1.54) is 24.1 Å². The van der Waals surface area contributed by atoms with Crippen LogP contribution in [0.5, 0.6) is 5.75 Å². The van der Waals surface area contributed by atoms with Gasteiger partial charge in [-0.05, 0) is 43.2 Å². The Morgan fingerprint density at radius 2 is 1.82 bits per heavy atom. The van der Waals surface area contributed by atoms with E-state index in [-0.39, 0.29) is 28.2 Å². The first-order valence-electron chi connectivity index (χ1n) is 10.6. The molecule has 2 amide bonds. The largest absolute Gasteiger partial charge is 0.497 e. The number of methoxy groups -OCH3 is 1. The summed E-state index contributed by atoms with van der Waals surface area (Å²) in [5, 5.41) is 2.94. The van der Waals surface area contributed by atoms with Crippen LogP contribution in [-0.2, 0) is 26.2 Å². The van der Waals surface area contributed by atoms with Gasteiger partial charge in [0.1, 0.15) is 18.3 Å². The summed E-state index contributed by atoms with van der Waals surface area (Å²) in [6, 6.07) is 10.7. The van der Waals surface area contributed by atoms with Gasteiger partial charge < -0.3 is 15.0 Å². The number of hydrogen-bond donors (Lipinski definition) is 1. The number of nitrogens with zero attached hydrogens (tertiary/aromatic N) is 2. The fraction of sp³-hybridized carbons (Fsp3) is 0.391. The lowest BCUT2D eigenvalue weighted by Gasteiger charge is -2.31. The van der Waals surface area contributed by atoms with Crippen molar-refractivity contribution >= 4 is 50.7 Å². The van der Waals surface area contributed by atoms with Crippen LogP contribution in [0.25, 0.3) is 0 Å². The molecule has 0 aliphatic rings. The first kappa shape index (κ1) is 27.8. The fourth-order valence-corrected chi connectivity index (χ4v) is 4.53. The zero-order valence-electron chi connectivity index (χ0n) is 19.5. The van der Waals surface area contributed by atoms with E-state index in [1.54, 1.807) is 37.3 Å². The summed E-state index contributed by atoms with van der Waals surface area (Å²) in [7, 11) is -2.38. The first-order valence-corrected chi connectivity index (χ1v) is 13.2. The maximum atomic E-state index is 13.5. The van der Waals surface area contributed by atoms with Crippen LogP contribution in [0, 0.1) is 0 Å². The lowest BCUT2D eigenvalue weighted by molar-refractivity contribution is -0.139. The normalized spacial score (nSPS) is 12.1. The van der Waals surface area contributed by atoms with Crippen molar-refractivity contribution in [2.75, 3.05) is 30.8 Å². The van der Waals surface area contributed by atoms with E-state index in [0.29, 0.717) is 12.3 Å². The molecule has 0 bridgehead atoms. The lowest BCUT2D eigenvalue weighted by Crippen LogP contribution is -2.51. The molecule has 0 heterocycles. The summed E-state index contributed by atoms with van der Waals surface area (Å²) in [5.41, 5.74) is 0.795. The van der Waals surface area contributed by atoms with E-state index in [4.69, 9.17) is 27.9 Å². The van der Waals surface area contributed by atoms with Crippen molar-refractivity contribution in [3.05, 3.63) is 58.1 Å². The molecule has 0 aliphatic heterocycles. The predicted octanol–water partition coefficient (Wildman–Crippen LogP) is 3.71. The van der Waals surface area contributed by atoms with Crippen LogP contribution < -0.4 is 14.4 Å². The average Bonchev–Trinajstić information content (AvgIpc) is 2.80. The number of benzene rings is 2. The zero-order valence-corrected chi connectivity index (χ0v) is 21.9. The zero-order chi connectivity index (χ0) is 25.5. The van der Waals surface area contributed by atoms with Crippen molar-refractivity contribution in [2.45, 2.75) is 32.9 Å². The number of nitrogens with one attached hydrogen (secondary N) is 1. The van der Waals surface area contributed by atoms with Crippen LogP contribution in [0.1, 0.15) is 25.8 Å². The fourth-order valence-electron chi connectivity index (χ4n) is 3.23. The number of amides is 2. The molecule has 2 aromatic carbocycles. The van der Waals surface area contributed by atoms with Crippen LogP contribution in [-0.4, -0.2) is 57.6 Å². The predicted molar refractivity (Wildman–Crippen MR) is 135 cm³/mol. The molecule has 2 rings (SSSR count). The van der Waals surface area contributed by atoms with Gasteiger partial charge in [0.05, 0.1) is 29.1 Å². The Balaban J connectivity index is 2.43. The Hall–Kier alpha value is -2.49. The maximum Gasteiger partial charge on any atom is 0.244 e. The number of hydrogen-bond acceptors (Lipinski definition) is 5. The van der Waals surface area contributed by atoms with E-state index in [0.717, 1.165) is 22.5 Å². The number of carbonyl (C=O) groups excluding carboxylic acids is 2. The van der Waals surface area contributed by atoms with E-state index in [1.807, 2.05) is 6.92 Å². The molecule has 0 aromatic heterocycles. The molecule has 34 heavy (non-hydrogen) atoms. The van der Waals surface area contributed by atoms with E-state index in [2.05, 4.69) is 5.32 Å². The van der Waals surface area contributed by atoms with E-state index >= 15 is 0 Å². The summed E-state index contributed by atoms with van der Waals surface area (Å²) >= 11 is 12.3. The summed E-state index contributed by atoms with van der Waals surface area (Å²) in [6.07, 6.45) is 1.71. The van der Waals surface area contributed by atoms with E-state index < -0.39 is 28.5 Å². The Labute approximate surface area is 210 Å². The molecule has 11 heteroatoms.